The van der Waals surface area contributed by atoms with Crippen molar-refractivity contribution in [1.82, 2.24) is 0 Å². The van der Waals surface area contributed by atoms with Gasteiger partial charge in [0.15, 0.2) is 0 Å². The van der Waals surface area contributed by atoms with Gasteiger partial charge in [0.2, 0.25) is 0 Å². The molecule has 0 radical (unpaired) electrons. The van der Waals surface area contributed by atoms with Gasteiger partial charge in [-0.3, -0.25) is 0 Å². The molecule has 2 atom stereocenters. The summed E-state index contributed by atoms with van der Waals surface area (Å²) >= 11 is 0. The van der Waals surface area contributed by atoms with Gasteiger partial charge in [0.25, 0.3) is 0 Å². The van der Waals surface area contributed by atoms with E-state index in [1.54, 1.807) is 0 Å². The van der Waals surface area contributed by atoms with Gasteiger partial charge < -0.3 is 15.4 Å². The fourth-order valence-corrected chi connectivity index (χ4v) is 4.51. The molecule has 2 aliphatic heterocycles. The number of anilines is 1. The number of rotatable bonds is 2. The summed E-state index contributed by atoms with van der Waals surface area (Å²) in [6.07, 6.45) is 9.23. The molecule has 2 fully saturated rings. The molecule has 1 aliphatic carbocycles. The molecule has 3 heteroatoms. The number of benzene rings is 1. The quantitative estimate of drug-likeness (QED) is 0.905. The van der Waals surface area contributed by atoms with Crippen LogP contribution in [0.25, 0.3) is 0 Å². The van der Waals surface area contributed by atoms with E-state index in [9.17, 15) is 0 Å². The molecule has 21 heavy (non-hydrogen) atoms. The summed E-state index contributed by atoms with van der Waals surface area (Å²) in [5.74, 6) is 0. The second kappa shape index (κ2) is 5.29. The zero-order chi connectivity index (χ0) is 14.3. The zero-order valence-electron chi connectivity index (χ0n) is 12.8. The number of nitrogens with two attached hydrogens (primary N) is 1. The molecule has 3 aliphatic rings. The number of ether oxygens (including phenoxy) is 1. The number of nitrogens with zero attached hydrogens (tertiary/aromatic N) is 1. The number of hydrogen-bond donors (Lipinski definition) is 1. The van der Waals surface area contributed by atoms with Gasteiger partial charge in [-0.15, -0.1) is 0 Å². The average molecular weight is 286 g/mol. The molecule has 114 valence electrons. The minimum absolute atomic E-state index is 0.197. The van der Waals surface area contributed by atoms with Crippen LogP contribution in [0.5, 0.6) is 0 Å². The van der Waals surface area contributed by atoms with Crippen molar-refractivity contribution in [2.75, 3.05) is 18.0 Å². The fourth-order valence-electron chi connectivity index (χ4n) is 4.51. The number of fused-ring (bicyclic) bond motifs is 1. The molecular formula is C18H26N2O. The van der Waals surface area contributed by atoms with E-state index in [0.717, 1.165) is 19.5 Å². The van der Waals surface area contributed by atoms with Crippen LogP contribution in [0, 0.1) is 0 Å². The highest BCUT2D eigenvalue weighted by Crippen LogP contribution is 2.44. The molecule has 0 amide bonds. The monoisotopic (exact) mass is 286 g/mol. The minimum atomic E-state index is 0.197. The average Bonchev–Trinajstić information content (AvgIpc) is 3.13. The van der Waals surface area contributed by atoms with Crippen LogP contribution < -0.4 is 10.6 Å². The third-order valence-electron chi connectivity index (χ3n) is 5.66. The van der Waals surface area contributed by atoms with Crippen molar-refractivity contribution in [1.29, 1.82) is 0 Å². The largest absolute Gasteiger partial charge is 0.370 e. The maximum absolute atomic E-state index is 6.48. The Morgan fingerprint density at radius 1 is 1.14 bits per heavy atom. The van der Waals surface area contributed by atoms with Gasteiger partial charge in [-0.2, -0.15) is 0 Å². The first-order chi connectivity index (χ1) is 10.3. The van der Waals surface area contributed by atoms with Gasteiger partial charge in [-0.1, -0.05) is 31.0 Å². The SMILES string of the molecule is NC1CCN(CC2CCC3(CCCC3)O2)c2ccccc21. The first-order valence-corrected chi connectivity index (χ1v) is 8.53. The van der Waals surface area contributed by atoms with Crippen LogP contribution >= 0.6 is 0 Å². The Hall–Kier alpha value is -1.06. The lowest BCUT2D eigenvalue weighted by atomic mass is 9.96. The lowest BCUT2D eigenvalue weighted by Gasteiger charge is -2.36. The highest BCUT2D eigenvalue weighted by Gasteiger charge is 2.42. The lowest BCUT2D eigenvalue weighted by molar-refractivity contribution is -0.0329. The Bertz CT molecular complexity index is 510. The van der Waals surface area contributed by atoms with Crippen LogP contribution in [0.2, 0.25) is 0 Å². The Morgan fingerprint density at radius 3 is 2.81 bits per heavy atom. The van der Waals surface area contributed by atoms with Crippen molar-refractivity contribution >= 4 is 5.69 Å². The predicted octanol–water partition coefficient (Wildman–Crippen LogP) is 3.39. The lowest BCUT2D eigenvalue weighted by Crippen LogP contribution is -2.39. The van der Waals surface area contributed by atoms with Gasteiger partial charge in [0, 0.05) is 24.8 Å². The fraction of sp³-hybridized carbons (Fsp3) is 0.667. The summed E-state index contributed by atoms with van der Waals surface area (Å²) in [5.41, 5.74) is 9.13. The van der Waals surface area contributed by atoms with E-state index in [4.69, 9.17) is 10.5 Å². The molecule has 3 nitrogen and oxygen atoms in total. The molecule has 2 heterocycles. The Labute approximate surface area is 127 Å². The molecule has 0 aromatic heterocycles. The van der Waals surface area contributed by atoms with Crippen molar-refractivity contribution in [3.05, 3.63) is 29.8 Å². The molecule has 4 rings (SSSR count). The maximum Gasteiger partial charge on any atom is 0.0758 e. The molecule has 2 N–H and O–H groups in total. The summed E-state index contributed by atoms with van der Waals surface area (Å²) in [5, 5.41) is 0. The molecule has 2 unspecified atom stereocenters. The summed E-state index contributed by atoms with van der Waals surface area (Å²) in [6.45, 7) is 2.09. The third kappa shape index (κ3) is 2.47. The summed E-state index contributed by atoms with van der Waals surface area (Å²) in [6, 6.07) is 8.82. The van der Waals surface area contributed by atoms with Crippen LogP contribution in [0.1, 0.15) is 56.6 Å². The van der Waals surface area contributed by atoms with Gasteiger partial charge in [-0.25, -0.2) is 0 Å². The Morgan fingerprint density at radius 2 is 1.95 bits per heavy atom. The van der Waals surface area contributed by atoms with Crippen molar-refractivity contribution in [2.24, 2.45) is 5.73 Å². The molecule has 1 aromatic carbocycles. The highest BCUT2D eigenvalue weighted by molar-refractivity contribution is 5.57. The molecule has 0 bridgehead atoms. The van der Waals surface area contributed by atoms with E-state index >= 15 is 0 Å². The summed E-state index contributed by atoms with van der Waals surface area (Å²) in [4.78, 5) is 2.50. The van der Waals surface area contributed by atoms with Gasteiger partial charge >= 0.3 is 0 Å². The normalized spacial score (nSPS) is 30.8. The number of para-hydroxylation sites is 1. The van der Waals surface area contributed by atoms with Crippen LogP contribution in [0.3, 0.4) is 0 Å². The summed E-state index contributed by atoms with van der Waals surface area (Å²) < 4.78 is 6.48. The number of hydrogen-bond acceptors (Lipinski definition) is 3. The van der Waals surface area contributed by atoms with E-state index in [0.29, 0.717) is 6.10 Å². The maximum atomic E-state index is 6.48. The highest BCUT2D eigenvalue weighted by atomic mass is 16.5. The van der Waals surface area contributed by atoms with Gasteiger partial charge in [0.1, 0.15) is 0 Å². The van der Waals surface area contributed by atoms with Gasteiger partial charge in [-0.05, 0) is 43.7 Å². The Balaban J connectivity index is 1.47. The van der Waals surface area contributed by atoms with Crippen molar-refractivity contribution in [2.45, 2.75) is 62.7 Å². The second-order valence-electron chi connectivity index (χ2n) is 7.07. The predicted molar refractivity (Wildman–Crippen MR) is 85.5 cm³/mol. The molecular weight excluding hydrogens is 260 g/mol. The standard InChI is InChI=1S/C18H26N2O/c19-16-8-12-20(17-6-2-1-5-15(16)17)13-14-7-11-18(21-14)9-3-4-10-18/h1-2,5-6,14,16H,3-4,7-13,19H2. The van der Waals surface area contributed by atoms with E-state index in [1.165, 1.54) is 49.8 Å². The van der Waals surface area contributed by atoms with Crippen LogP contribution in [0.4, 0.5) is 5.69 Å². The van der Waals surface area contributed by atoms with E-state index in [-0.39, 0.29) is 11.6 Å². The minimum Gasteiger partial charge on any atom is -0.370 e. The topological polar surface area (TPSA) is 38.5 Å². The van der Waals surface area contributed by atoms with Crippen molar-refractivity contribution < 1.29 is 4.74 Å². The smallest absolute Gasteiger partial charge is 0.0758 e. The molecule has 1 spiro atoms. The van der Waals surface area contributed by atoms with E-state index < -0.39 is 0 Å². The summed E-state index contributed by atoms with van der Waals surface area (Å²) in [7, 11) is 0. The van der Waals surface area contributed by atoms with Gasteiger partial charge in [0.05, 0.1) is 11.7 Å². The molecule has 1 aromatic rings. The Kier molecular flexibility index (Phi) is 3.43. The van der Waals surface area contributed by atoms with Crippen LogP contribution in [-0.2, 0) is 4.74 Å². The zero-order valence-corrected chi connectivity index (χ0v) is 12.8. The van der Waals surface area contributed by atoms with Crippen molar-refractivity contribution in [3.8, 4) is 0 Å². The molecule has 1 saturated heterocycles. The van der Waals surface area contributed by atoms with E-state index in [2.05, 4.69) is 29.2 Å². The second-order valence-corrected chi connectivity index (χ2v) is 7.07. The first kappa shape index (κ1) is 13.6. The first-order valence-electron chi connectivity index (χ1n) is 8.53. The third-order valence-corrected chi connectivity index (χ3v) is 5.66. The molecule has 1 saturated carbocycles. The van der Waals surface area contributed by atoms with E-state index in [1.807, 2.05) is 0 Å². The van der Waals surface area contributed by atoms with Crippen LogP contribution in [0.15, 0.2) is 24.3 Å². The van der Waals surface area contributed by atoms with Crippen LogP contribution in [-0.4, -0.2) is 24.8 Å². The van der Waals surface area contributed by atoms with Crippen molar-refractivity contribution in [3.63, 3.8) is 0 Å².